The Kier molecular flexibility index (Phi) is 5.83. The van der Waals surface area contributed by atoms with E-state index in [1.165, 1.54) is 43.3 Å². The molecule has 0 spiro atoms. The molecule has 2 aromatic rings. The molecular weight excluding hydrogens is 384 g/mol. The zero-order chi connectivity index (χ0) is 19.5. The van der Waals surface area contributed by atoms with Gasteiger partial charge in [-0.15, -0.1) is 0 Å². The normalized spacial score (nSPS) is 11.0. The molecule has 0 aliphatic carbocycles. The van der Waals surface area contributed by atoms with Crippen molar-refractivity contribution in [3.8, 4) is 0 Å². The molecule has 10 heteroatoms. The quantitative estimate of drug-likeness (QED) is 0.420. The molecule has 0 saturated heterocycles. The van der Waals surface area contributed by atoms with Crippen molar-refractivity contribution in [2.24, 2.45) is 0 Å². The van der Waals surface area contributed by atoms with Crippen LogP contribution in [0.4, 0.5) is 11.4 Å². The highest BCUT2D eigenvalue weighted by molar-refractivity contribution is 7.92. The number of esters is 1. The number of ether oxygens (including phenoxy) is 1. The minimum atomic E-state index is -4.26. The largest absolute Gasteiger partial charge is 0.468 e. The molecule has 0 N–H and O–H groups in total. The fraction of sp³-hybridized carbons (Fsp3) is 0.188. The summed E-state index contributed by atoms with van der Waals surface area (Å²) in [4.78, 5) is 21.8. The van der Waals surface area contributed by atoms with Crippen molar-refractivity contribution in [3.63, 3.8) is 0 Å². The predicted molar refractivity (Wildman–Crippen MR) is 95.8 cm³/mol. The average molecular weight is 399 g/mol. The van der Waals surface area contributed by atoms with Gasteiger partial charge in [0.05, 0.1) is 22.6 Å². The summed E-state index contributed by atoms with van der Waals surface area (Å²) in [5.41, 5.74) is 0.156. The lowest BCUT2D eigenvalue weighted by Gasteiger charge is -2.23. The topological polar surface area (TPSA) is 107 Å². The van der Waals surface area contributed by atoms with Crippen molar-refractivity contribution >= 4 is 39.0 Å². The molecule has 2 aromatic carbocycles. The van der Waals surface area contributed by atoms with Crippen LogP contribution in [0.25, 0.3) is 0 Å². The van der Waals surface area contributed by atoms with Gasteiger partial charge >= 0.3 is 5.97 Å². The monoisotopic (exact) mass is 398 g/mol. The zero-order valence-corrected chi connectivity index (χ0v) is 15.5. The number of benzene rings is 2. The molecular formula is C16H15ClN2O6S. The van der Waals surface area contributed by atoms with Crippen LogP contribution in [-0.4, -0.2) is 33.0 Å². The van der Waals surface area contributed by atoms with E-state index >= 15 is 0 Å². The minimum absolute atomic E-state index is 0.169. The van der Waals surface area contributed by atoms with Gasteiger partial charge in [0.25, 0.3) is 15.7 Å². The second-order valence-electron chi connectivity index (χ2n) is 5.27. The fourth-order valence-corrected chi connectivity index (χ4v) is 3.73. The van der Waals surface area contributed by atoms with E-state index in [-0.39, 0.29) is 16.3 Å². The lowest BCUT2D eigenvalue weighted by atomic mass is 10.2. The maximum atomic E-state index is 13.0. The van der Waals surface area contributed by atoms with E-state index in [0.29, 0.717) is 10.6 Å². The molecule has 0 aliphatic heterocycles. The average Bonchev–Trinajstić information content (AvgIpc) is 2.60. The SMILES string of the molecule is COC(=O)CN(c1ccc(Cl)cc1)S(=O)(=O)c1ccc(C)c([N+](=O)[O-])c1. The Morgan fingerprint density at radius 3 is 2.38 bits per heavy atom. The third-order valence-electron chi connectivity index (χ3n) is 3.58. The Hall–Kier alpha value is -2.65. The third-order valence-corrected chi connectivity index (χ3v) is 5.60. The van der Waals surface area contributed by atoms with Crippen molar-refractivity contribution in [2.75, 3.05) is 18.0 Å². The zero-order valence-electron chi connectivity index (χ0n) is 13.9. The number of anilines is 1. The number of carbonyl (C=O) groups excluding carboxylic acids is 1. The maximum Gasteiger partial charge on any atom is 0.326 e. The number of halogens is 1. The van der Waals surface area contributed by atoms with Crippen LogP contribution in [0.15, 0.2) is 47.4 Å². The third kappa shape index (κ3) is 4.12. The molecule has 0 bridgehead atoms. The number of methoxy groups -OCH3 is 1. The second kappa shape index (κ2) is 7.71. The van der Waals surface area contributed by atoms with E-state index in [1.807, 2.05) is 0 Å². The summed E-state index contributed by atoms with van der Waals surface area (Å²) in [5, 5.41) is 11.5. The van der Waals surface area contributed by atoms with E-state index in [2.05, 4.69) is 4.74 Å². The van der Waals surface area contributed by atoms with Gasteiger partial charge in [-0.2, -0.15) is 0 Å². The first-order chi connectivity index (χ1) is 12.2. The Labute approximate surface area is 155 Å². The smallest absolute Gasteiger partial charge is 0.326 e. The van der Waals surface area contributed by atoms with Gasteiger partial charge in [-0.1, -0.05) is 17.7 Å². The van der Waals surface area contributed by atoms with E-state index in [0.717, 1.165) is 17.5 Å². The highest BCUT2D eigenvalue weighted by atomic mass is 35.5. The van der Waals surface area contributed by atoms with E-state index in [1.54, 1.807) is 0 Å². The Bertz CT molecular complexity index is 944. The van der Waals surface area contributed by atoms with Crippen LogP contribution in [0.2, 0.25) is 5.02 Å². The van der Waals surface area contributed by atoms with E-state index in [4.69, 9.17) is 11.6 Å². The van der Waals surface area contributed by atoms with Gasteiger partial charge in [0, 0.05) is 16.7 Å². The number of hydrogen-bond acceptors (Lipinski definition) is 6. The summed E-state index contributed by atoms with van der Waals surface area (Å²) in [6.07, 6.45) is 0. The lowest BCUT2D eigenvalue weighted by molar-refractivity contribution is -0.385. The molecule has 0 saturated carbocycles. The first-order valence-corrected chi connectivity index (χ1v) is 9.09. The summed E-state index contributed by atoms with van der Waals surface area (Å²) in [5.74, 6) is -0.787. The molecule has 0 radical (unpaired) electrons. The van der Waals surface area contributed by atoms with Crippen molar-refractivity contribution in [1.82, 2.24) is 0 Å². The maximum absolute atomic E-state index is 13.0. The Morgan fingerprint density at radius 2 is 1.85 bits per heavy atom. The summed E-state index contributed by atoms with van der Waals surface area (Å²) in [7, 11) is -3.13. The number of hydrogen-bond donors (Lipinski definition) is 0. The molecule has 0 fully saturated rings. The van der Waals surface area contributed by atoms with E-state index in [9.17, 15) is 23.3 Å². The number of rotatable bonds is 6. The lowest BCUT2D eigenvalue weighted by Crippen LogP contribution is -2.36. The van der Waals surface area contributed by atoms with Gasteiger partial charge in [0.2, 0.25) is 0 Å². The van der Waals surface area contributed by atoms with Gasteiger partial charge in [0.15, 0.2) is 0 Å². The van der Waals surface area contributed by atoms with Gasteiger partial charge in [0.1, 0.15) is 6.54 Å². The van der Waals surface area contributed by atoms with Crippen molar-refractivity contribution in [2.45, 2.75) is 11.8 Å². The minimum Gasteiger partial charge on any atom is -0.468 e. The van der Waals surface area contributed by atoms with Crippen LogP contribution in [0.1, 0.15) is 5.56 Å². The molecule has 26 heavy (non-hydrogen) atoms. The number of nitrogens with zero attached hydrogens (tertiary/aromatic N) is 2. The molecule has 0 aliphatic rings. The number of nitro groups is 1. The number of sulfonamides is 1. The van der Waals surface area contributed by atoms with Crippen LogP contribution in [0.5, 0.6) is 0 Å². The van der Waals surface area contributed by atoms with E-state index < -0.39 is 27.5 Å². The van der Waals surface area contributed by atoms with Crippen LogP contribution in [0, 0.1) is 17.0 Å². The van der Waals surface area contributed by atoms with Crippen molar-refractivity contribution in [3.05, 3.63) is 63.2 Å². The molecule has 138 valence electrons. The molecule has 0 amide bonds. The summed E-state index contributed by atoms with van der Waals surface area (Å²) in [6, 6.07) is 9.32. The fourth-order valence-electron chi connectivity index (χ4n) is 2.18. The van der Waals surface area contributed by atoms with Gasteiger partial charge in [-0.05, 0) is 37.3 Å². The van der Waals surface area contributed by atoms with Gasteiger partial charge < -0.3 is 4.74 Å². The van der Waals surface area contributed by atoms with Crippen LogP contribution < -0.4 is 4.31 Å². The Morgan fingerprint density at radius 1 is 1.23 bits per heavy atom. The van der Waals surface area contributed by atoms with Gasteiger partial charge in [-0.3, -0.25) is 19.2 Å². The molecule has 0 heterocycles. The highest BCUT2D eigenvalue weighted by Gasteiger charge is 2.29. The van der Waals surface area contributed by atoms with Crippen LogP contribution in [-0.2, 0) is 19.6 Å². The summed E-state index contributed by atoms with van der Waals surface area (Å²) < 4.78 is 31.4. The van der Waals surface area contributed by atoms with Crippen molar-refractivity contribution in [1.29, 1.82) is 0 Å². The first kappa shape index (κ1) is 19.7. The molecule has 2 rings (SSSR count). The van der Waals surface area contributed by atoms with Crippen LogP contribution >= 0.6 is 11.6 Å². The number of carbonyl (C=O) groups is 1. The highest BCUT2D eigenvalue weighted by Crippen LogP contribution is 2.28. The Balaban J connectivity index is 2.58. The molecule has 0 unspecified atom stereocenters. The first-order valence-electron chi connectivity index (χ1n) is 7.27. The summed E-state index contributed by atoms with van der Waals surface area (Å²) >= 11 is 5.82. The standard InChI is InChI=1S/C16H15ClN2O6S/c1-11-3-8-14(9-15(11)19(21)22)26(23,24)18(10-16(20)25-2)13-6-4-12(17)5-7-13/h3-9H,10H2,1-2H3. The molecule has 0 atom stereocenters. The van der Waals surface area contributed by atoms with Crippen molar-refractivity contribution < 1.29 is 22.9 Å². The molecule has 0 aromatic heterocycles. The second-order valence-corrected chi connectivity index (χ2v) is 7.57. The van der Waals surface area contributed by atoms with Crippen LogP contribution in [0.3, 0.4) is 0 Å². The number of aryl methyl sites for hydroxylation is 1. The number of nitro benzene ring substituents is 1. The molecule has 8 nitrogen and oxygen atoms in total. The van der Waals surface area contributed by atoms with Gasteiger partial charge in [-0.25, -0.2) is 8.42 Å². The predicted octanol–water partition coefficient (Wildman–Crippen LogP) is 2.92. The summed E-state index contributed by atoms with van der Waals surface area (Å²) in [6.45, 7) is 0.905.